The quantitative estimate of drug-likeness (QED) is 0.402. The number of rotatable bonds is 7. The molecule has 1 aromatic carbocycles. The summed E-state index contributed by atoms with van der Waals surface area (Å²) in [6.07, 6.45) is 3.83. The molecule has 2 atom stereocenters. The highest BCUT2D eigenvalue weighted by molar-refractivity contribution is 6.37. The lowest BCUT2D eigenvalue weighted by atomic mass is 9.87. The van der Waals surface area contributed by atoms with Gasteiger partial charge in [-0.25, -0.2) is 4.68 Å². The van der Waals surface area contributed by atoms with E-state index in [1.165, 1.54) is 14.0 Å². The van der Waals surface area contributed by atoms with Crippen LogP contribution in [0.25, 0.3) is 5.69 Å². The Bertz CT molecular complexity index is 1040. The van der Waals surface area contributed by atoms with Crippen LogP contribution in [0.15, 0.2) is 29.7 Å². The number of nitrogens with zero attached hydrogens (tertiary/aromatic N) is 3. The molecule has 31 heavy (non-hydrogen) atoms. The van der Waals surface area contributed by atoms with E-state index in [-0.39, 0.29) is 36.2 Å². The molecule has 8 nitrogen and oxygen atoms in total. The number of hydrogen-bond acceptors (Lipinski definition) is 6. The fourth-order valence-corrected chi connectivity index (χ4v) is 4.19. The summed E-state index contributed by atoms with van der Waals surface area (Å²) in [6.45, 7) is 5.60. The van der Waals surface area contributed by atoms with Crippen LogP contribution >= 0.6 is 11.6 Å². The number of halogens is 1. The minimum Gasteiger partial charge on any atom is -0.399 e. The first-order valence-corrected chi connectivity index (χ1v) is 10.3. The van der Waals surface area contributed by atoms with Gasteiger partial charge >= 0.3 is 0 Å². The van der Waals surface area contributed by atoms with Gasteiger partial charge in [0.25, 0.3) is 5.91 Å². The molecule has 0 saturated heterocycles. The molecular formula is C22H25ClN4O4. The molecule has 3 rings (SSSR count). The lowest BCUT2D eigenvalue weighted by Gasteiger charge is -2.17. The van der Waals surface area contributed by atoms with Crippen molar-refractivity contribution in [1.29, 1.82) is 0 Å². The van der Waals surface area contributed by atoms with E-state index in [4.69, 9.17) is 11.6 Å². The van der Waals surface area contributed by atoms with E-state index >= 15 is 0 Å². The van der Waals surface area contributed by atoms with E-state index in [0.717, 1.165) is 22.4 Å². The first-order chi connectivity index (χ1) is 14.7. The third-order valence-electron chi connectivity index (χ3n) is 5.47. The Morgan fingerprint density at radius 3 is 2.58 bits per heavy atom. The standard InChI is InChI=1S/C22H25ClN4O4/c1-12-7-17(27-11-16(23)10-25-27)8-13(2)19(12)20-18(28)9-15(21(20)29)5-6-24-22(30)14(3)26-31-4/h7-8,10-11,15,20H,5-6,9H2,1-4H3,(H,24,30)/b26-14+. The van der Waals surface area contributed by atoms with Crippen molar-refractivity contribution in [2.75, 3.05) is 13.7 Å². The molecule has 2 aromatic rings. The molecule has 1 N–H and O–H groups in total. The van der Waals surface area contributed by atoms with Crippen molar-refractivity contribution in [3.63, 3.8) is 0 Å². The molecule has 2 unspecified atom stereocenters. The van der Waals surface area contributed by atoms with Crippen LogP contribution in [0.5, 0.6) is 0 Å². The highest BCUT2D eigenvalue weighted by Crippen LogP contribution is 2.37. The van der Waals surface area contributed by atoms with E-state index in [0.29, 0.717) is 11.4 Å². The summed E-state index contributed by atoms with van der Waals surface area (Å²) < 4.78 is 1.66. The predicted molar refractivity (Wildman–Crippen MR) is 117 cm³/mol. The van der Waals surface area contributed by atoms with Crippen LogP contribution in [0.1, 0.15) is 42.4 Å². The molecule has 1 aliphatic rings. The smallest absolute Gasteiger partial charge is 0.268 e. The molecule has 164 valence electrons. The lowest BCUT2D eigenvalue weighted by Crippen LogP contribution is -2.31. The van der Waals surface area contributed by atoms with Crippen LogP contribution in [0.4, 0.5) is 0 Å². The molecule has 0 spiro atoms. The monoisotopic (exact) mass is 444 g/mol. The lowest BCUT2D eigenvalue weighted by molar-refractivity contribution is -0.125. The summed E-state index contributed by atoms with van der Waals surface area (Å²) in [7, 11) is 1.36. The minimum absolute atomic E-state index is 0.0838. The van der Waals surface area contributed by atoms with Gasteiger partial charge in [0.1, 0.15) is 24.5 Å². The summed E-state index contributed by atoms with van der Waals surface area (Å²) >= 11 is 5.96. The number of aromatic nitrogens is 2. The first kappa shape index (κ1) is 22.7. The zero-order valence-electron chi connectivity index (χ0n) is 17.9. The Balaban J connectivity index is 1.73. The van der Waals surface area contributed by atoms with Gasteiger partial charge in [-0.2, -0.15) is 5.10 Å². The maximum absolute atomic E-state index is 13.1. The van der Waals surface area contributed by atoms with Crippen LogP contribution < -0.4 is 5.32 Å². The Kier molecular flexibility index (Phi) is 6.90. The first-order valence-electron chi connectivity index (χ1n) is 9.97. The fraction of sp³-hybridized carbons (Fsp3) is 0.409. The number of benzene rings is 1. The predicted octanol–water partition coefficient (Wildman–Crippen LogP) is 2.91. The van der Waals surface area contributed by atoms with Crippen molar-refractivity contribution in [2.24, 2.45) is 11.1 Å². The van der Waals surface area contributed by atoms with E-state index in [1.54, 1.807) is 17.1 Å². The second kappa shape index (κ2) is 9.43. The number of nitrogens with one attached hydrogen (secondary N) is 1. The van der Waals surface area contributed by atoms with Crippen molar-refractivity contribution in [3.8, 4) is 5.69 Å². The summed E-state index contributed by atoms with van der Waals surface area (Å²) in [5.74, 6) is -1.73. The number of carbonyl (C=O) groups excluding carboxylic acids is 3. The van der Waals surface area contributed by atoms with Crippen LogP contribution in [0, 0.1) is 19.8 Å². The normalized spacial score (nSPS) is 19.1. The Morgan fingerprint density at radius 1 is 1.32 bits per heavy atom. The van der Waals surface area contributed by atoms with Crippen LogP contribution in [-0.2, 0) is 19.2 Å². The third kappa shape index (κ3) is 4.85. The number of carbonyl (C=O) groups is 3. The maximum atomic E-state index is 13.1. The van der Waals surface area contributed by atoms with E-state index < -0.39 is 11.8 Å². The van der Waals surface area contributed by atoms with E-state index in [9.17, 15) is 14.4 Å². The summed E-state index contributed by atoms with van der Waals surface area (Å²) in [5.41, 5.74) is 3.48. The zero-order valence-corrected chi connectivity index (χ0v) is 18.7. The number of oxime groups is 1. The molecule has 1 saturated carbocycles. The van der Waals surface area contributed by atoms with Crippen molar-refractivity contribution in [2.45, 2.75) is 39.5 Å². The second-order valence-corrected chi connectivity index (χ2v) is 8.14. The highest BCUT2D eigenvalue weighted by Gasteiger charge is 2.42. The molecule has 1 aromatic heterocycles. The zero-order chi connectivity index (χ0) is 22.7. The molecule has 1 heterocycles. The largest absolute Gasteiger partial charge is 0.399 e. The van der Waals surface area contributed by atoms with Gasteiger partial charge in [-0.3, -0.25) is 14.4 Å². The van der Waals surface area contributed by atoms with Gasteiger partial charge in [0.05, 0.1) is 16.9 Å². The van der Waals surface area contributed by atoms with E-state index in [2.05, 4.69) is 20.4 Å². The van der Waals surface area contributed by atoms with Gasteiger partial charge in [0.15, 0.2) is 5.78 Å². The van der Waals surface area contributed by atoms with Crippen LogP contribution in [-0.4, -0.2) is 46.6 Å². The topological polar surface area (TPSA) is 103 Å². The van der Waals surface area contributed by atoms with Crippen LogP contribution in [0.2, 0.25) is 5.02 Å². The SMILES string of the molecule is CO/N=C(\C)C(=O)NCCC1CC(=O)C(c2c(C)cc(-n3cc(Cl)cn3)cc2C)C1=O. The third-order valence-corrected chi connectivity index (χ3v) is 5.67. The molecule has 9 heteroatoms. The van der Waals surface area contributed by atoms with Gasteiger partial charge in [-0.05, 0) is 56.0 Å². The Labute approximate surface area is 185 Å². The van der Waals surface area contributed by atoms with Crippen molar-refractivity contribution >= 4 is 34.8 Å². The van der Waals surface area contributed by atoms with Gasteiger partial charge in [0.2, 0.25) is 0 Å². The van der Waals surface area contributed by atoms with Gasteiger partial charge in [-0.1, -0.05) is 16.8 Å². The molecule has 0 aliphatic heterocycles. The molecular weight excluding hydrogens is 420 g/mol. The van der Waals surface area contributed by atoms with Crippen molar-refractivity contribution in [1.82, 2.24) is 15.1 Å². The maximum Gasteiger partial charge on any atom is 0.268 e. The van der Waals surface area contributed by atoms with Crippen molar-refractivity contribution in [3.05, 3.63) is 46.2 Å². The average molecular weight is 445 g/mol. The molecule has 1 aliphatic carbocycles. The minimum atomic E-state index is -0.771. The molecule has 1 fully saturated rings. The van der Waals surface area contributed by atoms with Crippen LogP contribution in [0.3, 0.4) is 0 Å². The van der Waals surface area contributed by atoms with E-state index in [1.807, 2.05) is 26.0 Å². The fourth-order valence-electron chi connectivity index (χ4n) is 4.05. The number of amides is 1. The second-order valence-electron chi connectivity index (χ2n) is 7.70. The number of aryl methyl sites for hydroxylation is 2. The number of ketones is 2. The Morgan fingerprint density at radius 2 is 2.00 bits per heavy atom. The molecule has 1 amide bonds. The number of Topliss-reactive ketones (excluding diaryl/α,β-unsaturated/α-hetero) is 2. The van der Waals surface area contributed by atoms with Gasteiger partial charge in [0, 0.05) is 25.1 Å². The number of hydrogen-bond donors (Lipinski definition) is 1. The molecule has 0 bridgehead atoms. The summed E-state index contributed by atoms with van der Waals surface area (Å²) in [4.78, 5) is 42.3. The summed E-state index contributed by atoms with van der Waals surface area (Å²) in [6, 6.07) is 3.80. The van der Waals surface area contributed by atoms with Gasteiger partial charge < -0.3 is 10.2 Å². The Hall–Kier alpha value is -3.00. The van der Waals surface area contributed by atoms with Gasteiger partial charge in [-0.15, -0.1) is 0 Å². The van der Waals surface area contributed by atoms with Crippen molar-refractivity contribution < 1.29 is 19.2 Å². The molecule has 0 radical (unpaired) electrons. The average Bonchev–Trinajstić information content (AvgIpc) is 3.26. The summed E-state index contributed by atoms with van der Waals surface area (Å²) in [5, 5.41) is 11.0. The highest BCUT2D eigenvalue weighted by atomic mass is 35.5.